The average Bonchev–Trinajstić information content (AvgIpc) is 3.49. The summed E-state index contributed by atoms with van der Waals surface area (Å²) in [6, 6.07) is 20.7. The lowest BCUT2D eigenvalue weighted by atomic mass is 9.98. The van der Waals surface area contributed by atoms with Crippen LogP contribution in [-0.4, -0.2) is 35.2 Å². The van der Waals surface area contributed by atoms with E-state index in [0.29, 0.717) is 12.8 Å². The summed E-state index contributed by atoms with van der Waals surface area (Å²) in [4.78, 5) is 36.8. The number of carboxylic acid groups (broad SMARTS) is 1. The molecule has 0 aliphatic heterocycles. The molecule has 1 fully saturated rings. The van der Waals surface area contributed by atoms with Crippen molar-refractivity contribution in [1.82, 2.24) is 5.32 Å². The van der Waals surface area contributed by atoms with E-state index in [4.69, 9.17) is 16.3 Å². The number of fused-ring (bicyclic) bond motifs is 3. The quantitative estimate of drug-likeness (QED) is 0.409. The Labute approximate surface area is 207 Å². The van der Waals surface area contributed by atoms with Crippen LogP contribution >= 0.6 is 11.6 Å². The molecule has 0 unspecified atom stereocenters. The lowest BCUT2D eigenvalue weighted by Crippen LogP contribution is -2.40. The number of nitrogens with one attached hydrogen (secondary N) is 2. The number of hydrogen-bond acceptors (Lipinski definition) is 4. The molecule has 3 N–H and O–H groups in total. The van der Waals surface area contributed by atoms with Gasteiger partial charge in [-0.1, -0.05) is 66.2 Å². The van der Waals surface area contributed by atoms with Crippen molar-refractivity contribution < 1.29 is 24.2 Å². The molecule has 0 spiro atoms. The van der Waals surface area contributed by atoms with Crippen LogP contribution in [0.1, 0.15) is 46.7 Å². The molecule has 2 amide bonds. The first-order valence-electron chi connectivity index (χ1n) is 11.3. The SMILES string of the molecule is O=C(CC1(NC(=O)OCC2c3ccccc3-c3ccccc32)CC1)Nc1cccc(Cl)c1C(=O)O. The second kappa shape index (κ2) is 9.07. The number of carbonyl (C=O) groups is 3. The molecule has 35 heavy (non-hydrogen) atoms. The lowest BCUT2D eigenvalue weighted by molar-refractivity contribution is -0.116. The monoisotopic (exact) mass is 490 g/mol. The van der Waals surface area contributed by atoms with Gasteiger partial charge in [0.25, 0.3) is 0 Å². The number of carboxylic acids is 1. The third kappa shape index (κ3) is 4.59. The molecule has 0 heterocycles. The minimum absolute atomic E-state index is 0.00275. The number of carbonyl (C=O) groups excluding carboxylic acids is 2. The van der Waals surface area contributed by atoms with Gasteiger partial charge in [-0.15, -0.1) is 0 Å². The molecule has 0 aromatic heterocycles. The van der Waals surface area contributed by atoms with E-state index in [-0.39, 0.29) is 35.2 Å². The molecule has 0 bridgehead atoms. The second-order valence-corrected chi connectivity index (χ2v) is 9.33. The Morgan fingerprint density at radius 2 is 1.57 bits per heavy atom. The number of benzene rings is 3. The van der Waals surface area contributed by atoms with Gasteiger partial charge in [0.2, 0.25) is 5.91 Å². The minimum Gasteiger partial charge on any atom is -0.478 e. The number of amides is 2. The van der Waals surface area contributed by atoms with E-state index in [2.05, 4.69) is 34.9 Å². The highest BCUT2D eigenvalue weighted by molar-refractivity contribution is 6.34. The van der Waals surface area contributed by atoms with E-state index in [9.17, 15) is 19.5 Å². The van der Waals surface area contributed by atoms with Crippen LogP contribution in [-0.2, 0) is 9.53 Å². The Morgan fingerprint density at radius 1 is 0.943 bits per heavy atom. The van der Waals surface area contributed by atoms with Crippen molar-refractivity contribution in [3.8, 4) is 11.1 Å². The van der Waals surface area contributed by atoms with Crippen molar-refractivity contribution in [3.05, 3.63) is 88.4 Å². The van der Waals surface area contributed by atoms with Crippen molar-refractivity contribution in [2.24, 2.45) is 0 Å². The number of rotatable bonds is 7. The molecule has 178 valence electrons. The molecule has 2 aliphatic rings. The van der Waals surface area contributed by atoms with Crippen molar-refractivity contribution in [1.29, 1.82) is 0 Å². The van der Waals surface area contributed by atoms with Gasteiger partial charge >= 0.3 is 12.1 Å². The fourth-order valence-corrected chi connectivity index (χ4v) is 4.95. The van der Waals surface area contributed by atoms with Gasteiger partial charge in [-0.3, -0.25) is 4.79 Å². The summed E-state index contributed by atoms with van der Waals surface area (Å²) >= 11 is 5.97. The highest BCUT2D eigenvalue weighted by Gasteiger charge is 2.46. The predicted molar refractivity (Wildman–Crippen MR) is 132 cm³/mol. The van der Waals surface area contributed by atoms with Crippen LogP contribution < -0.4 is 10.6 Å². The van der Waals surface area contributed by atoms with Gasteiger partial charge in [0.15, 0.2) is 0 Å². The zero-order chi connectivity index (χ0) is 24.6. The maximum Gasteiger partial charge on any atom is 0.407 e. The third-order valence-electron chi connectivity index (χ3n) is 6.56. The van der Waals surface area contributed by atoms with Crippen molar-refractivity contribution in [2.45, 2.75) is 30.7 Å². The average molecular weight is 491 g/mol. The van der Waals surface area contributed by atoms with Gasteiger partial charge in [0.05, 0.1) is 22.7 Å². The van der Waals surface area contributed by atoms with E-state index < -0.39 is 23.5 Å². The molecule has 2 aliphatic carbocycles. The molecule has 7 nitrogen and oxygen atoms in total. The van der Waals surface area contributed by atoms with Crippen LogP contribution in [0.25, 0.3) is 11.1 Å². The summed E-state index contributed by atoms with van der Waals surface area (Å²) in [5.41, 5.74) is 3.79. The molecule has 0 radical (unpaired) electrons. The third-order valence-corrected chi connectivity index (χ3v) is 6.88. The normalized spacial score (nSPS) is 15.0. The highest BCUT2D eigenvalue weighted by atomic mass is 35.5. The summed E-state index contributed by atoms with van der Waals surface area (Å²) in [6.07, 6.45) is 0.687. The highest BCUT2D eigenvalue weighted by Crippen LogP contribution is 2.45. The minimum atomic E-state index is -1.23. The van der Waals surface area contributed by atoms with Crippen LogP contribution in [0.5, 0.6) is 0 Å². The molecular weight excluding hydrogens is 468 g/mol. The molecule has 0 saturated heterocycles. The predicted octanol–water partition coefficient (Wildman–Crippen LogP) is 5.44. The van der Waals surface area contributed by atoms with Gasteiger partial charge in [-0.2, -0.15) is 0 Å². The van der Waals surface area contributed by atoms with E-state index in [1.807, 2.05) is 24.3 Å². The Bertz CT molecular complexity index is 1290. The van der Waals surface area contributed by atoms with Crippen molar-refractivity contribution in [2.75, 3.05) is 11.9 Å². The fraction of sp³-hybridized carbons (Fsp3) is 0.222. The van der Waals surface area contributed by atoms with Crippen molar-refractivity contribution >= 4 is 35.3 Å². The van der Waals surface area contributed by atoms with Crippen LogP contribution in [0.2, 0.25) is 5.02 Å². The molecule has 0 atom stereocenters. The summed E-state index contributed by atoms with van der Waals surface area (Å²) < 4.78 is 5.60. The molecule has 1 saturated carbocycles. The largest absolute Gasteiger partial charge is 0.478 e. The number of halogens is 1. The molecule has 3 aromatic rings. The number of aromatic carboxylic acids is 1. The van der Waals surface area contributed by atoms with Gasteiger partial charge in [0.1, 0.15) is 12.2 Å². The first-order valence-corrected chi connectivity index (χ1v) is 11.7. The fourth-order valence-electron chi connectivity index (χ4n) is 4.70. The first-order chi connectivity index (χ1) is 16.9. The number of hydrogen-bond donors (Lipinski definition) is 3. The van der Waals surface area contributed by atoms with Gasteiger partial charge < -0.3 is 20.5 Å². The van der Waals surface area contributed by atoms with E-state index >= 15 is 0 Å². The number of anilines is 1. The maximum atomic E-state index is 12.6. The Morgan fingerprint density at radius 3 is 2.17 bits per heavy atom. The Hall–Kier alpha value is -3.84. The number of ether oxygens (including phenoxy) is 1. The molecular formula is C27H23ClN2O5. The topological polar surface area (TPSA) is 105 Å². The van der Waals surface area contributed by atoms with E-state index in [1.165, 1.54) is 12.1 Å². The van der Waals surface area contributed by atoms with Crippen LogP contribution in [0.4, 0.5) is 10.5 Å². The van der Waals surface area contributed by atoms with E-state index in [0.717, 1.165) is 22.3 Å². The molecule has 5 rings (SSSR count). The smallest absolute Gasteiger partial charge is 0.407 e. The Kier molecular flexibility index (Phi) is 5.94. The number of alkyl carbamates (subject to hydrolysis) is 1. The van der Waals surface area contributed by atoms with Crippen molar-refractivity contribution in [3.63, 3.8) is 0 Å². The van der Waals surface area contributed by atoms with Gasteiger partial charge in [0, 0.05) is 5.92 Å². The summed E-state index contributed by atoms with van der Waals surface area (Å²) in [5, 5.41) is 14.9. The first kappa shape index (κ1) is 22.9. The summed E-state index contributed by atoms with van der Waals surface area (Å²) in [6.45, 7) is 0.187. The summed E-state index contributed by atoms with van der Waals surface area (Å²) in [5.74, 6) is -1.70. The van der Waals surface area contributed by atoms with E-state index in [1.54, 1.807) is 6.07 Å². The molecule has 8 heteroatoms. The summed E-state index contributed by atoms with van der Waals surface area (Å²) in [7, 11) is 0. The van der Waals surface area contributed by atoms with Gasteiger partial charge in [-0.05, 0) is 47.2 Å². The van der Waals surface area contributed by atoms with Gasteiger partial charge in [-0.25, -0.2) is 9.59 Å². The zero-order valence-electron chi connectivity index (χ0n) is 18.7. The van der Waals surface area contributed by atoms with Crippen LogP contribution in [0.15, 0.2) is 66.7 Å². The zero-order valence-corrected chi connectivity index (χ0v) is 19.5. The maximum absolute atomic E-state index is 12.6. The standard InChI is InChI=1S/C27H23ClN2O5/c28-21-10-5-11-22(24(21)25(32)33)29-23(31)14-27(12-13-27)30-26(34)35-15-20-18-8-3-1-6-16(18)17-7-2-4-9-19(17)20/h1-11,20H,12-15H2,(H,29,31)(H,30,34)(H,32,33). The van der Waals surface area contributed by atoms with Crippen LogP contribution in [0, 0.1) is 0 Å². The molecule has 3 aromatic carbocycles. The second-order valence-electron chi connectivity index (χ2n) is 8.92. The lowest BCUT2D eigenvalue weighted by Gasteiger charge is -2.19. The Balaban J connectivity index is 1.20. The van der Waals surface area contributed by atoms with Crippen LogP contribution in [0.3, 0.4) is 0 Å².